The molecule has 13 heavy (non-hydrogen) atoms. The Morgan fingerprint density at radius 1 is 1.77 bits per heavy atom. The molecule has 72 valence electrons. The predicted octanol–water partition coefficient (Wildman–Crippen LogP) is 2.08. The Bertz CT molecular complexity index is 313. The number of hydrogen-bond donors (Lipinski definition) is 1. The molecule has 0 atom stereocenters. The molecule has 0 amide bonds. The number of halogens is 1. The van der Waals surface area contributed by atoms with Gasteiger partial charge in [0.15, 0.2) is 9.47 Å². The number of aromatic nitrogens is 1. The lowest BCUT2D eigenvalue weighted by atomic mass is 10.3. The molecule has 0 spiro atoms. The molecule has 0 aliphatic carbocycles. The van der Waals surface area contributed by atoms with Gasteiger partial charge in [0.2, 0.25) is 0 Å². The molecule has 2 N–H and O–H groups in total. The highest BCUT2D eigenvalue weighted by molar-refractivity contribution is 7.19. The second-order valence-electron chi connectivity index (χ2n) is 2.36. The molecule has 0 saturated carbocycles. The molecular formula is C7H9ClN2O2S. The summed E-state index contributed by atoms with van der Waals surface area (Å²) in [6.45, 7) is 1.89. The van der Waals surface area contributed by atoms with Gasteiger partial charge in [0.25, 0.3) is 5.88 Å². The van der Waals surface area contributed by atoms with Crippen LogP contribution in [-0.2, 0) is 4.79 Å². The summed E-state index contributed by atoms with van der Waals surface area (Å²) >= 11 is 6.77. The van der Waals surface area contributed by atoms with Crippen molar-refractivity contribution in [2.75, 3.05) is 5.73 Å². The van der Waals surface area contributed by atoms with E-state index in [1.54, 1.807) is 0 Å². The van der Waals surface area contributed by atoms with Crippen molar-refractivity contribution in [2.45, 2.75) is 19.8 Å². The summed E-state index contributed by atoms with van der Waals surface area (Å²) in [4.78, 5) is 14.8. The highest BCUT2D eigenvalue weighted by atomic mass is 35.5. The molecule has 4 nitrogen and oxygen atoms in total. The van der Waals surface area contributed by atoms with Gasteiger partial charge in [0, 0.05) is 6.42 Å². The minimum absolute atomic E-state index is 0.114. The smallest absolute Gasteiger partial charge is 0.312 e. The van der Waals surface area contributed by atoms with Crippen molar-refractivity contribution in [3.63, 3.8) is 0 Å². The topological polar surface area (TPSA) is 65.2 Å². The first kappa shape index (κ1) is 10.3. The summed E-state index contributed by atoms with van der Waals surface area (Å²) in [7, 11) is 0. The van der Waals surface area contributed by atoms with Gasteiger partial charge in [-0.2, -0.15) is 4.98 Å². The highest BCUT2D eigenvalue weighted by Crippen LogP contribution is 2.32. The molecule has 6 heteroatoms. The van der Waals surface area contributed by atoms with Gasteiger partial charge in [-0.3, -0.25) is 4.79 Å². The van der Waals surface area contributed by atoms with E-state index in [1.807, 2.05) is 6.92 Å². The summed E-state index contributed by atoms with van der Waals surface area (Å²) in [6, 6.07) is 0. The summed E-state index contributed by atoms with van der Waals surface area (Å²) in [5.41, 5.74) is 5.36. The Kier molecular flexibility index (Phi) is 3.50. The molecule has 0 fully saturated rings. The van der Waals surface area contributed by atoms with E-state index in [9.17, 15) is 4.79 Å². The van der Waals surface area contributed by atoms with Crippen LogP contribution < -0.4 is 10.5 Å². The molecular weight excluding hydrogens is 212 g/mol. The Hall–Kier alpha value is -0.810. The average molecular weight is 221 g/mol. The number of nitrogen functional groups attached to an aromatic ring is 1. The van der Waals surface area contributed by atoms with Crippen molar-refractivity contribution in [1.82, 2.24) is 4.98 Å². The Balaban J connectivity index is 2.63. The van der Waals surface area contributed by atoms with Crippen LogP contribution in [0.4, 0.5) is 5.13 Å². The van der Waals surface area contributed by atoms with Crippen molar-refractivity contribution < 1.29 is 9.53 Å². The van der Waals surface area contributed by atoms with E-state index in [2.05, 4.69) is 4.98 Å². The normalized spacial score (nSPS) is 10.0. The van der Waals surface area contributed by atoms with Crippen molar-refractivity contribution >= 4 is 34.0 Å². The number of thiazole rings is 1. The molecule has 1 heterocycles. The lowest BCUT2D eigenvalue weighted by molar-refractivity contribution is -0.134. The van der Waals surface area contributed by atoms with Gasteiger partial charge in [0.1, 0.15) is 0 Å². The zero-order chi connectivity index (χ0) is 9.84. The van der Waals surface area contributed by atoms with E-state index in [1.165, 1.54) is 0 Å². The largest absolute Gasteiger partial charge is 0.405 e. The first-order valence-corrected chi connectivity index (χ1v) is 4.95. The first-order valence-electron chi connectivity index (χ1n) is 3.76. The summed E-state index contributed by atoms with van der Waals surface area (Å²) in [5, 5.41) is 0.296. The summed E-state index contributed by atoms with van der Waals surface area (Å²) in [5.74, 6) is -0.225. The van der Waals surface area contributed by atoms with Gasteiger partial charge >= 0.3 is 5.97 Å². The summed E-state index contributed by atoms with van der Waals surface area (Å²) in [6.07, 6.45) is 1.09. The number of anilines is 1. The number of rotatable bonds is 3. The van der Waals surface area contributed by atoms with Gasteiger partial charge < -0.3 is 10.5 Å². The van der Waals surface area contributed by atoms with Gasteiger partial charge in [-0.25, -0.2) is 0 Å². The van der Waals surface area contributed by atoms with Crippen molar-refractivity contribution in [1.29, 1.82) is 0 Å². The SMILES string of the molecule is CCCC(=O)Oc1nc(N)sc1Cl. The molecule has 0 saturated heterocycles. The van der Waals surface area contributed by atoms with Gasteiger partial charge in [-0.15, -0.1) is 0 Å². The standard InChI is InChI=1S/C7H9ClN2O2S/c1-2-3-4(11)12-6-5(8)13-7(9)10-6/h2-3H2,1H3,(H2,9,10). The number of hydrogen-bond acceptors (Lipinski definition) is 5. The second kappa shape index (κ2) is 4.43. The Morgan fingerprint density at radius 2 is 2.46 bits per heavy atom. The highest BCUT2D eigenvalue weighted by Gasteiger charge is 2.12. The van der Waals surface area contributed by atoms with Crippen LogP contribution in [0.2, 0.25) is 4.34 Å². The number of ether oxygens (including phenoxy) is 1. The molecule has 1 rings (SSSR count). The first-order chi connectivity index (χ1) is 6.13. The number of nitrogens with two attached hydrogens (primary N) is 1. The average Bonchev–Trinajstić information content (AvgIpc) is 2.30. The van der Waals surface area contributed by atoms with E-state index in [4.69, 9.17) is 22.1 Å². The molecule has 0 radical (unpaired) electrons. The molecule has 0 aliphatic heterocycles. The van der Waals surface area contributed by atoms with Crippen LogP contribution in [0, 0.1) is 0 Å². The third-order valence-corrected chi connectivity index (χ3v) is 2.29. The monoisotopic (exact) mass is 220 g/mol. The predicted molar refractivity (Wildman–Crippen MR) is 52.1 cm³/mol. The van der Waals surface area contributed by atoms with E-state index < -0.39 is 0 Å². The maximum atomic E-state index is 11.0. The maximum absolute atomic E-state index is 11.0. The van der Waals surface area contributed by atoms with Crippen LogP contribution in [0.15, 0.2) is 0 Å². The van der Waals surface area contributed by atoms with E-state index in [0.29, 0.717) is 15.9 Å². The van der Waals surface area contributed by atoms with Crippen LogP contribution in [0.3, 0.4) is 0 Å². The van der Waals surface area contributed by atoms with E-state index >= 15 is 0 Å². The van der Waals surface area contributed by atoms with E-state index in [-0.39, 0.29) is 11.8 Å². The second-order valence-corrected chi connectivity index (χ2v) is 3.99. The van der Waals surface area contributed by atoms with Gasteiger partial charge in [-0.1, -0.05) is 29.9 Å². The lowest BCUT2D eigenvalue weighted by Gasteiger charge is -1.98. The molecule has 1 aromatic heterocycles. The number of esters is 1. The fourth-order valence-corrected chi connectivity index (χ4v) is 1.53. The number of carbonyl (C=O) groups is 1. The fourth-order valence-electron chi connectivity index (χ4n) is 0.728. The van der Waals surface area contributed by atoms with E-state index in [0.717, 1.165) is 17.8 Å². The van der Waals surface area contributed by atoms with Crippen molar-refractivity contribution in [2.24, 2.45) is 0 Å². The van der Waals surface area contributed by atoms with Crippen molar-refractivity contribution in [3.8, 4) is 5.88 Å². The number of carbonyl (C=O) groups excluding carboxylic acids is 1. The fraction of sp³-hybridized carbons (Fsp3) is 0.429. The van der Waals surface area contributed by atoms with Gasteiger partial charge in [0.05, 0.1) is 0 Å². The minimum Gasteiger partial charge on any atom is -0.405 e. The van der Waals surface area contributed by atoms with Crippen molar-refractivity contribution in [3.05, 3.63) is 4.34 Å². The number of nitrogens with zero attached hydrogens (tertiary/aromatic N) is 1. The van der Waals surface area contributed by atoms with Crippen LogP contribution in [0.5, 0.6) is 5.88 Å². The van der Waals surface area contributed by atoms with Crippen LogP contribution in [-0.4, -0.2) is 11.0 Å². The maximum Gasteiger partial charge on any atom is 0.312 e. The minimum atomic E-state index is -0.338. The van der Waals surface area contributed by atoms with Gasteiger partial charge in [-0.05, 0) is 6.42 Å². The third kappa shape index (κ3) is 2.86. The molecule has 1 aromatic rings. The third-order valence-electron chi connectivity index (χ3n) is 1.24. The lowest BCUT2D eigenvalue weighted by Crippen LogP contribution is -2.07. The quantitative estimate of drug-likeness (QED) is 0.793. The Morgan fingerprint density at radius 3 is 2.92 bits per heavy atom. The molecule has 0 bridgehead atoms. The zero-order valence-electron chi connectivity index (χ0n) is 7.04. The van der Waals surface area contributed by atoms with Crippen LogP contribution in [0.1, 0.15) is 19.8 Å². The molecule has 0 unspecified atom stereocenters. The van der Waals surface area contributed by atoms with Crippen LogP contribution in [0.25, 0.3) is 0 Å². The Labute approximate surface area is 84.7 Å². The molecule has 0 aliphatic rings. The zero-order valence-corrected chi connectivity index (χ0v) is 8.61. The molecule has 0 aromatic carbocycles. The summed E-state index contributed by atoms with van der Waals surface area (Å²) < 4.78 is 5.16. The van der Waals surface area contributed by atoms with Crippen LogP contribution >= 0.6 is 22.9 Å².